The van der Waals surface area contributed by atoms with Crippen molar-refractivity contribution in [3.05, 3.63) is 47.6 Å². The second-order valence-electron chi connectivity index (χ2n) is 15.5. The number of ether oxygens (including phenoxy) is 5. The Labute approximate surface area is 373 Å². The van der Waals surface area contributed by atoms with Crippen LogP contribution in [0.15, 0.2) is 47.6 Å². The van der Waals surface area contributed by atoms with E-state index in [1.807, 2.05) is 45.1 Å². The average molecular weight is 883 g/mol. The maximum Gasteiger partial charge on any atom is 0.180 e. The SMILES string of the molecule is CCC(OC)C(C)CCC(O)C(C)/C=C/C=C(\C)CC(CCC(O)OC)OC.CCC(OC)C(C)CCC(O)C(C)/C=C/C=C(\C)CCCC(O)C(O)OC.CO.CO.CO. The predicted octanol–water partition coefficient (Wildman–Crippen LogP) is 7.13. The topological polar surface area (TPSA) is 208 Å². The molecule has 0 saturated heterocycles. The molecule has 0 aliphatic heterocycles. The van der Waals surface area contributed by atoms with E-state index < -0.39 is 18.7 Å². The summed E-state index contributed by atoms with van der Waals surface area (Å²) in [5, 5.41) is 70.3. The Morgan fingerprint density at radius 3 is 1.28 bits per heavy atom. The summed E-state index contributed by atoms with van der Waals surface area (Å²) in [5.74, 6) is 1.10. The molecule has 0 amide bonds. The van der Waals surface area contributed by atoms with Gasteiger partial charge in [-0.15, -0.1) is 0 Å². The average Bonchev–Trinajstić information content (AvgIpc) is 3.28. The zero-order valence-corrected chi connectivity index (χ0v) is 41.5. The summed E-state index contributed by atoms with van der Waals surface area (Å²) < 4.78 is 26.0. The number of hydrogen-bond donors (Lipinski definition) is 8. The minimum absolute atomic E-state index is 0.0613. The van der Waals surface area contributed by atoms with Crippen molar-refractivity contribution >= 4 is 0 Å². The van der Waals surface area contributed by atoms with Crippen LogP contribution in [0.4, 0.5) is 0 Å². The largest absolute Gasteiger partial charge is 0.400 e. The van der Waals surface area contributed by atoms with Crippen molar-refractivity contribution in [1.29, 1.82) is 0 Å². The highest BCUT2D eigenvalue weighted by Gasteiger charge is 2.20. The lowest BCUT2D eigenvalue weighted by Crippen LogP contribution is -2.27. The first-order valence-electron chi connectivity index (χ1n) is 22.1. The minimum Gasteiger partial charge on any atom is -0.400 e. The van der Waals surface area contributed by atoms with Crippen LogP contribution < -0.4 is 0 Å². The smallest absolute Gasteiger partial charge is 0.180 e. The molecule has 368 valence electrons. The first-order valence-corrected chi connectivity index (χ1v) is 22.1. The van der Waals surface area contributed by atoms with Crippen LogP contribution in [-0.2, 0) is 23.7 Å². The van der Waals surface area contributed by atoms with Gasteiger partial charge >= 0.3 is 0 Å². The second kappa shape index (κ2) is 47.9. The maximum atomic E-state index is 10.4. The van der Waals surface area contributed by atoms with Gasteiger partial charge < -0.3 is 64.5 Å². The number of aliphatic hydroxyl groups excluding tert-OH is 8. The van der Waals surface area contributed by atoms with E-state index >= 15 is 0 Å². The Balaban J connectivity index is -0.000000305. The molecule has 12 unspecified atom stereocenters. The van der Waals surface area contributed by atoms with Gasteiger partial charge in [0.25, 0.3) is 0 Å². The highest BCUT2D eigenvalue weighted by molar-refractivity contribution is 5.13. The molecule has 12 atom stereocenters. The number of allylic oxidation sites excluding steroid dienone is 5. The van der Waals surface area contributed by atoms with Crippen molar-refractivity contribution in [2.45, 2.75) is 182 Å². The molecule has 13 heteroatoms. The summed E-state index contributed by atoms with van der Waals surface area (Å²) in [6.45, 7) is 16.8. The van der Waals surface area contributed by atoms with E-state index in [1.165, 1.54) is 25.4 Å². The molecular formula is C48H98O13. The Hall–Kier alpha value is -1.56. The summed E-state index contributed by atoms with van der Waals surface area (Å²) in [7, 11) is 11.1. The number of aliphatic hydroxyl groups is 8. The molecule has 0 fully saturated rings. The lowest BCUT2D eigenvalue weighted by molar-refractivity contribution is -0.146. The third kappa shape index (κ3) is 38.6. The van der Waals surface area contributed by atoms with Gasteiger partial charge in [0.05, 0.1) is 30.5 Å². The molecule has 0 aromatic carbocycles. The van der Waals surface area contributed by atoms with Crippen LogP contribution in [-0.4, -0.2) is 147 Å². The van der Waals surface area contributed by atoms with Gasteiger partial charge in [0.15, 0.2) is 12.6 Å². The van der Waals surface area contributed by atoms with E-state index in [0.29, 0.717) is 24.7 Å². The summed E-state index contributed by atoms with van der Waals surface area (Å²) in [6.07, 6.45) is 19.1. The lowest BCUT2D eigenvalue weighted by atomic mass is 9.91. The molecule has 0 heterocycles. The molecular weight excluding hydrogens is 785 g/mol. The quantitative estimate of drug-likeness (QED) is 0.0258. The third-order valence-corrected chi connectivity index (χ3v) is 10.9. The van der Waals surface area contributed by atoms with Crippen LogP contribution >= 0.6 is 0 Å². The molecule has 0 rings (SSSR count). The van der Waals surface area contributed by atoms with E-state index in [1.54, 1.807) is 21.3 Å². The van der Waals surface area contributed by atoms with E-state index in [2.05, 4.69) is 46.8 Å². The Morgan fingerprint density at radius 1 is 0.492 bits per heavy atom. The number of methoxy groups -OCH3 is 5. The van der Waals surface area contributed by atoms with E-state index in [9.17, 15) is 25.5 Å². The van der Waals surface area contributed by atoms with Gasteiger partial charge in [-0.05, 0) is 96.3 Å². The zero-order chi connectivity index (χ0) is 48.3. The monoisotopic (exact) mass is 883 g/mol. The first-order chi connectivity index (χ1) is 29.0. The Kier molecular flexibility index (Phi) is 53.8. The molecule has 0 bridgehead atoms. The molecule has 8 N–H and O–H groups in total. The molecule has 0 aliphatic rings. The van der Waals surface area contributed by atoms with Crippen molar-refractivity contribution in [1.82, 2.24) is 0 Å². The van der Waals surface area contributed by atoms with Crippen LogP contribution in [0.1, 0.15) is 132 Å². The molecule has 0 radical (unpaired) electrons. The zero-order valence-electron chi connectivity index (χ0n) is 41.5. The van der Waals surface area contributed by atoms with Crippen molar-refractivity contribution in [2.24, 2.45) is 23.7 Å². The standard InChI is InChI=1S/C23H44O5.C22H42O5.3CH4O/c1-8-22(27-6)19(4)12-14-21(24)18(3)11-9-10-17(2)16-20(26-5)13-15-23(25)28-7;1-7-21(26-5)18(4)14-15-19(23)17(3)12-8-10-16(2)11-9-13-20(24)22(25)27-6;3*1-2/h9-11,18-25H,8,12-16H2,1-7H3;8,10,12,17-25H,7,9,11,13-15H2,1-6H3;3*2H,1H3/b11-9+,17-10+;12-8+,16-10+;;;. The lowest BCUT2D eigenvalue weighted by Gasteiger charge is -2.23. The summed E-state index contributed by atoms with van der Waals surface area (Å²) in [6, 6.07) is 0. The van der Waals surface area contributed by atoms with Crippen molar-refractivity contribution in [2.75, 3.05) is 56.9 Å². The van der Waals surface area contributed by atoms with Crippen LogP contribution in [0.3, 0.4) is 0 Å². The normalized spacial score (nSPS) is 17.9. The molecule has 61 heavy (non-hydrogen) atoms. The number of hydrogen-bond acceptors (Lipinski definition) is 13. The van der Waals surface area contributed by atoms with Gasteiger partial charge in [-0.3, -0.25) is 0 Å². The highest BCUT2D eigenvalue weighted by Crippen LogP contribution is 2.22. The van der Waals surface area contributed by atoms with Crippen LogP contribution in [0.25, 0.3) is 0 Å². The van der Waals surface area contributed by atoms with Crippen LogP contribution in [0.2, 0.25) is 0 Å². The first kappa shape index (κ1) is 68.5. The van der Waals surface area contributed by atoms with Gasteiger partial charge in [0.2, 0.25) is 0 Å². The second-order valence-corrected chi connectivity index (χ2v) is 15.5. The van der Waals surface area contributed by atoms with Crippen LogP contribution in [0, 0.1) is 23.7 Å². The van der Waals surface area contributed by atoms with Crippen molar-refractivity contribution < 1.29 is 64.5 Å². The van der Waals surface area contributed by atoms with Gasteiger partial charge in [0, 0.05) is 75.1 Å². The number of rotatable bonds is 31. The predicted molar refractivity (Wildman–Crippen MR) is 250 cm³/mol. The molecule has 13 nitrogen and oxygen atoms in total. The summed E-state index contributed by atoms with van der Waals surface area (Å²) >= 11 is 0. The minimum atomic E-state index is -1.12. The van der Waals surface area contributed by atoms with Gasteiger partial charge in [-0.1, -0.05) is 89.1 Å². The van der Waals surface area contributed by atoms with Gasteiger partial charge in [-0.25, -0.2) is 0 Å². The van der Waals surface area contributed by atoms with Crippen LogP contribution in [0.5, 0.6) is 0 Å². The fourth-order valence-electron chi connectivity index (χ4n) is 6.56. The Morgan fingerprint density at radius 2 is 0.918 bits per heavy atom. The van der Waals surface area contributed by atoms with Gasteiger partial charge in [-0.2, -0.15) is 0 Å². The van der Waals surface area contributed by atoms with Crippen molar-refractivity contribution in [3.8, 4) is 0 Å². The fraction of sp³-hybridized carbons (Fsp3) is 0.833. The molecule has 0 aromatic rings. The van der Waals surface area contributed by atoms with E-state index in [0.717, 1.165) is 85.5 Å². The molecule has 0 spiro atoms. The summed E-state index contributed by atoms with van der Waals surface area (Å²) in [4.78, 5) is 0. The molecule has 0 aliphatic carbocycles. The maximum absolute atomic E-state index is 10.4. The molecule has 0 saturated carbocycles. The third-order valence-electron chi connectivity index (χ3n) is 10.9. The van der Waals surface area contributed by atoms with Crippen molar-refractivity contribution in [3.63, 3.8) is 0 Å². The van der Waals surface area contributed by atoms with Gasteiger partial charge in [0.1, 0.15) is 6.10 Å². The Bertz CT molecular complexity index is 1010. The fourth-order valence-corrected chi connectivity index (χ4v) is 6.56. The molecule has 0 aromatic heterocycles. The van der Waals surface area contributed by atoms with E-state index in [-0.39, 0.29) is 42.4 Å². The van der Waals surface area contributed by atoms with E-state index in [4.69, 9.17) is 39.0 Å². The highest BCUT2D eigenvalue weighted by atomic mass is 16.6. The summed E-state index contributed by atoms with van der Waals surface area (Å²) in [5.41, 5.74) is 2.41.